The number of rotatable bonds is 1. The molecule has 0 amide bonds. The molecule has 1 aromatic heterocycles. The molecular formula is C6H5ClN2O2. The van der Waals surface area contributed by atoms with Gasteiger partial charge in [-0.2, -0.15) is 0 Å². The lowest BCUT2D eigenvalue weighted by atomic mass is 10.6. The van der Waals surface area contributed by atoms with Gasteiger partial charge in [0.25, 0.3) is 0 Å². The molecule has 1 heterocycles. The lowest BCUT2D eigenvalue weighted by molar-refractivity contribution is -0.132. The summed E-state index contributed by atoms with van der Waals surface area (Å²) >= 11 is 5.49. The van der Waals surface area contributed by atoms with Crippen LogP contribution in [-0.2, 0) is 4.79 Å². The van der Waals surface area contributed by atoms with Crippen molar-refractivity contribution in [1.82, 2.24) is 9.97 Å². The minimum absolute atomic E-state index is 0.164. The molecule has 0 aliphatic rings. The topological polar surface area (TPSA) is 52.1 Å². The highest BCUT2D eigenvalue weighted by atomic mass is 35.5. The first-order valence-electron chi connectivity index (χ1n) is 2.84. The van der Waals surface area contributed by atoms with Crippen LogP contribution in [0.15, 0.2) is 12.4 Å². The van der Waals surface area contributed by atoms with E-state index in [1.165, 1.54) is 19.3 Å². The van der Waals surface area contributed by atoms with Gasteiger partial charge in [-0.05, 0) is 0 Å². The summed E-state index contributed by atoms with van der Waals surface area (Å²) in [5.41, 5.74) is 0. The first kappa shape index (κ1) is 7.94. The average Bonchev–Trinajstić information content (AvgIpc) is 1.85. The third kappa shape index (κ3) is 2.51. The Kier molecular flexibility index (Phi) is 2.38. The maximum absolute atomic E-state index is 10.4. The third-order valence-corrected chi connectivity index (χ3v) is 1.06. The predicted octanol–water partition coefficient (Wildman–Crippen LogP) is 1.06. The van der Waals surface area contributed by atoms with E-state index in [4.69, 9.17) is 11.6 Å². The van der Waals surface area contributed by atoms with Crippen molar-refractivity contribution < 1.29 is 9.53 Å². The first-order valence-corrected chi connectivity index (χ1v) is 3.22. The van der Waals surface area contributed by atoms with Gasteiger partial charge in [-0.15, -0.1) is 0 Å². The van der Waals surface area contributed by atoms with Crippen molar-refractivity contribution in [1.29, 1.82) is 0 Å². The predicted molar refractivity (Wildman–Crippen MR) is 38.4 cm³/mol. The van der Waals surface area contributed by atoms with E-state index in [9.17, 15) is 4.79 Å². The smallest absolute Gasteiger partial charge is 0.309 e. The minimum atomic E-state index is -0.431. The summed E-state index contributed by atoms with van der Waals surface area (Å²) in [6.45, 7) is 1.29. The van der Waals surface area contributed by atoms with Gasteiger partial charge in [0.05, 0.1) is 0 Å². The molecule has 11 heavy (non-hydrogen) atoms. The molecule has 0 radical (unpaired) electrons. The van der Waals surface area contributed by atoms with Crippen LogP contribution >= 0.6 is 11.6 Å². The van der Waals surface area contributed by atoms with Crippen LogP contribution in [-0.4, -0.2) is 15.9 Å². The Hall–Kier alpha value is -1.16. The molecule has 0 aliphatic heterocycles. The van der Waals surface area contributed by atoms with Crippen LogP contribution < -0.4 is 4.74 Å². The highest BCUT2D eigenvalue weighted by molar-refractivity contribution is 6.29. The Labute approximate surface area is 68.2 Å². The Balaban J connectivity index is 2.79. The molecule has 58 valence electrons. The summed E-state index contributed by atoms with van der Waals surface area (Å²) in [7, 11) is 0. The number of hydrogen-bond acceptors (Lipinski definition) is 4. The average molecular weight is 173 g/mol. The van der Waals surface area contributed by atoms with E-state index in [0.29, 0.717) is 0 Å². The molecule has 0 aliphatic carbocycles. The number of nitrogens with zero attached hydrogens (tertiary/aromatic N) is 2. The van der Waals surface area contributed by atoms with Gasteiger partial charge in [0.1, 0.15) is 11.5 Å². The minimum Gasteiger partial charge on any atom is -0.407 e. The largest absolute Gasteiger partial charge is 0.407 e. The summed E-state index contributed by atoms with van der Waals surface area (Å²) in [4.78, 5) is 17.6. The van der Waals surface area contributed by atoms with E-state index in [2.05, 4.69) is 14.7 Å². The van der Waals surface area contributed by atoms with Crippen molar-refractivity contribution in [2.45, 2.75) is 6.92 Å². The zero-order valence-corrected chi connectivity index (χ0v) is 6.50. The van der Waals surface area contributed by atoms with Crippen LogP contribution in [0, 0.1) is 0 Å². The molecule has 0 spiro atoms. The molecule has 0 saturated carbocycles. The molecule has 0 aromatic carbocycles. The number of carbonyl (C=O) groups is 1. The Morgan fingerprint density at radius 3 is 2.91 bits per heavy atom. The lowest BCUT2D eigenvalue weighted by Gasteiger charge is -1.97. The van der Waals surface area contributed by atoms with Crippen LogP contribution in [0.4, 0.5) is 0 Å². The summed E-state index contributed by atoms with van der Waals surface area (Å²) in [6, 6.07) is 1.36. The monoisotopic (exact) mass is 172 g/mol. The fourth-order valence-electron chi connectivity index (χ4n) is 0.520. The standard InChI is InChI=1S/C6H5ClN2O2/c1-4(10)11-6-2-5(7)8-3-9-6/h2-3H,1H3. The van der Waals surface area contributed by atoms with Crippen molar-refractivity contribution in [3.63, 3.8) is 0 Å². The fraction of sp³-hybridized carbons (Fsp3) is 0.167. The Morgan fingerprint density at radius 1 is 1.64 bits per heavy atom. The summed E-state index contributed by atoms with van der Waals surface area (Å²) in [6.07, 6.45) is 1.22. The zero-order valence-electron chi connectivity index (χ0n) is 5.74. The zero-order chi connectivity index (χ0) is 8.27. The Bertz CT molecular complexity index is 277. The van der Waals surface area contributed by atoms with Gasteiger partial charge in [0, 0.05) is 13.0 Å². The van der Waals surface area contributed by atoms with E-state index in [-0.39, 0.29) is 11.0 Å². The molecule has 0 atom stereocenters. The van der Waals surface area contributed by atoms with Crippen molar-refractivity contribution in [3.8, 4) is 5.88 Å². The van der Waals surface area contributed by atoms with Crippen LogP contribution in [0.2, 0.25) is 5.15 Å². The number of esters is 1. The highest BCUT2D eigenvalue weighted by Gasteiger charge is 1.99. The van der Waals surface area contributed by atoms with Crippen molar-refractivity contribution >= 4 is 17.6 Å². The SMILES string of the molecule is CC(=O)Oc1cc(Cl)ncn1. The summed E-state index contributed by atoms with van der Waals surface area (Å²) in [5.74, 6) is -0.266. The van der Waals surface area contributed by atoms with E-state index in [0.717, 1.165) is 0 Å². The first-order chi connectivity index (χ1) is 5.18. The van der Waals surface area contributed by atoms with E-state index in [1.807, 2.05) is 0 Å². The number of aromatic nitrogens is 2. The molecule has 5 heteroatoms. The van der Waals surface area contributed by atoms with Gasteiger partial charge in [-0.1, -0.05) is 11.6 Å². The highest BCUT2D eigenvalue weighted by Crippen LogP contribution is 2.10. The molecule has 0 unspecified atom stereocenters. The van der Waals surface area contributed by atoms with Crippen LogP contribution in [0.1, 0.15) is 6.92 Å². The molecule has 4 nitrogen and oxygen atoms in total. The molecule has 0 N–H and O–H groups in total. The summed E-state index contributed by atoms with van der Waals surface area (Å²) in [5, 5.41) is 0.247. The molecule has 1 rings (SSSR count). The van der Waals surface area contributed by atoms with Gasteiger partial charge in [0.2, 0.25) is 5.88 Å². The molecule has 0 saturated heterocycles. The maximum atomic E-state index is 10.4. The number of carbonyl (C=O) groups excluding carboxylic acids is 1. The number of ether oxygens (including phenoxy) is 1. The number of hydrogen-bond donors (Lipinski definition) is 0. The van der Waals surface area contributed by atoms with Crippen LogP contribution in [0.25, 0.3) is 0 Å². The van der Waals surface area contributed by atoms with Crippen molar-refractivity contribution in [2.24, 2.45) is 0 Å². The van der Waals surface area contributed by atoms with E-state index >= 15 is 0 Å². The van der Waals surface area contributed by atoms with Crippen molar-refractivity contribution in [3.05, 3.63) is 17.5 Å². The van der Waals surface area contributed by atoms with Gasteiger partial charge in [0.15, 0.2) is 0 Å². The van der Waals surface area contributed by atoms with E-state index in [1.54, 1.807) is 0 Å². The summed E-state index contributed by atoms with van der Waals surface area (Å²) < 4.78 is 4.62. The second-order valence-corrected chi connectivity index (χ2v) is 2.16. The second-order valence-electron chi connectivity index (χ2n) is 1.77. The van der Waals surface area contributed by atoms with Gasteiger partial charge >= 0.3 is 5.97 Å². The molecule has 0 fully saturated rings. The normalized spacial score (nSPS) is 9.27. The van der Waals surface area contributed by atoms with E-state index < -0.39 is 5.97 Å². The van der Waals surface area contributed by atoms with Crippen LogP contribution in [0.3, 0.4) is 0 Å². The Morgan fingerprint density at radius 2 is 2.36 bits per heavy atom. The van der Waals surface area contributed by atoms with Crippen molar-refractivity contribution in [2.75, 3.05) is 0 Å². The number of halogens is 1. The van der Waals surface area contributed by atoms with Crippen LogP contribution in [0.5, 0.6) is 5.88 Å². The molecule has 1 aromatic rings. The molecular weight excluding hydrogens is 168 g/mol. The second kappa shape index (κ2) is 3.30. The fourth-order valence-corrected chi connectivity index (χ4v) is 0.657. The van der Waals surface area contributed by atoms with Gasteiger partial charge in [-0.25, -0.2) is 9.97 Å². The van der Waals surface area contributed by atoms with Gasteiger partial charge in [-0.3, -0.25) is 4.79 Å². The quantitative estimate of drug-likeness (QED) is 0.470. The lowest BCUT2D eigenvalue weighted by Crippen LogP contribution is -2.02. The molecule has 0 bridgehead atoms. The third-order valence-electron chi connectivity index (χ3n) is 0.857. The maximum Gasteiger partial charge on any atom is 0.309 e. The van der Waals surface area contributed by atoms with Gasteiger partial charge < -0.3 is 4.74 Å².